The summed E-state index contributed by atoms with van der Waals surface area (Å²) in [6.07, 6.45) is 0. The normalized spacial score (nSPS) is 4.89. The molecule has 0 rings (SSSR count). The molecule has 0 spiro atoms. The topological polar surface area (TPSA) is 77.5 Å². The van der Waals surface area contributed by atoms with Gasteiger partial charge in [0, 0.05) is 0 Å². The van der Waals surface area contributed by atoms with E-state index < -0.39 is 31.0 Å². The summed E-state index contributed by atoms with van der Waals surface area (Å²) in [6, 6.07) is 0. The van der Waals surface area contributed by atoms with Gasteiger partial charge in [-0.3, -0.25) is 0 Å². The first-order chi connectivity index (χ1) is 4.41. The standard InChI is InChI=1S/Ba.2Cr.Cu.5O. The molecule has 0 heterocycles. The molecule has 0 bridgehead atoms. The van der Waals surface area contributed by atoms with E-state index in [1.54, 1.807) is 0 Å². The molecule has 0 aliphatic heterocycles. The van der Waals surface area contributed by atoms with Crippen molar-refractivity contribution >= 4 is 46.7 Å². The van der Waals surface area contributed by atoms with Crippen molar-refractivity contribution in [2.24, 2.45) is 0 Å². The molecule has 0 amide bonds. The molecule has 5 nitrogen and oxygen atoms in total. The van der Waals surface area contributed by atoms with Gasteiger partial charge in [0.15, 0.2) is 0 Å². The van der Waals surface area contributed by atoms with Crippen LogP contribution in [0.5, 0.6) is 0 Å². The molecule has 0 aliphatic carbocycles. The second kappa shape index (κ2) is 31.7. The molecule has 0 N–H and O–H groups in total. The zero-order valence-electron chi connectivity index (χ0n) is 3.87. The average Bonchev–Trinajstić information content (AvgIpc) is 1.98. The van der Waals surface area contributed by atoms with Crippen molar-refractivity contribution in [1.82, 2.24) is 0 Å². The zero-order valence-corrected chi connectivity index (χ0v) is 11.8. The van der Waals surface area contributed by atoms with Crippen molar-refractivity contribution < 1.29 is 61.2 Å². The summed E-state index contributed by atoms with van der Waals surface area (Å²) in [4.78, 5) is 0. The van der Waals surface area contributed by atoms with E-state index >= 15 is 0 Å². The van der Waals surface area contributed by atoms with E-state index in [9.17, 15) is 7.61 Å². The predicted molar refractivity (Wildman–Crippen MR) is 9.59 cm³/mol. The fraction of sp³-hybridized carbons (Fsp3) is 0. The van der Waals surface area contributed by atoms with E-state index in [4.69, 9.17) is 3.87 Å². The van der Waals surface area contributed by atoms with Gasteiger partial charge in [0.2, 0.25) is 0 Å². The Morgan fingerprint density at radius 3 is 1.33 bits per heavy atom. The summed E-state index contributed by atoms with van der Waals surface area (Å²) >= 11 is 0.497. The summed E-state index contributed by atoms with van der Waals surface area (Å²) in [7, 11) is 0. The first-order valence-electron chi connectivity index (χ1n) is 1.08. The Balaban J connectivity index is -0.0000000771. The van der Waals surface area contributed by atoms with Crippen molar-refractivity contribution in [1.29, 1.82) is 0 Å². The van der Waals surface area contributed by atoms with Crippen LogP contribution < -0.4 is 0 Å². The van der Waals surface area contributed by atoms with Crippen LogP contribution in [0, 0.1) is 0 Å². The number of rotatable bonds is 2. The van der Waals surface area contributed by atoms with E-state index in [1.807, 2.05) is 0 Å². The van der Waals surface area contributed by atoms with Crippen LogP contribution in [0.15, 0.2) is 0 Å². The summed E-state index contributed by atoms with van der Waals surface area (Å²) in [5, 5.41) is 0. The molecule has 0 radical (unpaired) electrons. The monoisotopic (exact) mass is 385 g/mol. The summed E-state index contributed by atoms with van der Waals surface area (Å²) in [5.74, 6) is 0. The Morgan fingerprint density at radius 1 is 1.11 bits per heavy atom. The van der Waals surface area contributed by atoms with Crippen LogP contribution in [-0.2, 0) is 61.2 Å². The molecule has 0 saturated heterocycles. The SMILES string of the molecule is [O]=[Ba].[O]=[Cr][O][Cr]=[O].[O]=[Cu]. The van der Waals surface area contributed by atoms with Gasteiger partial charge in [0.1, 0.15) is 0 Å². The fourth-order valence-corrected chi connectivity index (χ4v) is 0.193. The van der Waals surface area contributed by atoms with E-state index in [2.05, 4.69) is 18.8 Å². The van der Waals surface area contributed by atoms with Gasteiger partial charge < -0.3 is 0 Å². The Morgan fingerprint density at radius 2 is 1.33 bits per heavy atom. The van der Waals surface area contributed by atoms with Gasteiger partial charge in [0.25, 0.3) is 0 Å². The molecular weight excluding hydrogens is 385 g/mol. The fourth-order valence-electron chi connectivity index (χ4n) is 0.0113. The van der Waals surface area contributed by atoms with Crippen molar-refractivity contribution in [3.63, 3.8) is 0 Å². The van der Waals surface area contributed by atoms with Crippen LogP contribution in [0.25, 0.3) is 0 Å². The summed E-state index contributed by atoms with van der Waals surface area (Å²) < 4.78 is 38.5. The van der Waals surface area contributed by atoms with Crippen molar-refractivity contribution in [3.8, 4) is 0 Å². The van der Waals surface area contributed by atoms with Crippen LogP contribution in [0.1, 0.15) is 0 Å². The Hall–Kier alpha value is 2.32. The summed E-state index contributed by atoms with van der Waals surface area (Å²) in [6.45, 7) is 0. The third-order valence-electron chi connectivity index (χ3n) is 0.0556. The Bertz CT molecular complexity index is 60.0. The van der Waals surface area contributed by atoms with Gasteiger partial charge in [-0.2, -0.15) is 0 Å². The van der Waals surface area contributed by atoms with Crippen molar-refractivity contribution in [2.75, 3.05) is 0 Å². The molecule has 0 saturated carbocycles. The number of hydrogen-bond acceptors (Lipinski definition) is 5. The van der Waals surface area contributed by atoms with Gasteiger partial charge in [0.05, 0.1) is 0 Å². The maximum atomic E-state index is 9.19. The van der Waals surface area contributed by atoms with Crippen LogP contribution >= 0.6 is 0 Å². The van der Waals surface area contributed by atoms with Crippen LogP contribution in [0.4, 0.5) is 0 Å². The first-order valence-corrected chi connectivity index (χ1v) is 5.36. The minimum absolute atomic E-state index is 0.222. The van der Waals surface area contributed by atoms with E-state index in [0.29, 0.717) is 0 Å². The molecule has 0 aromatic carbocycles. The average molecular weight is 385 g/mol. The Labute approximate surface area is 106 Å². The maximum absolute atomic E-state index is 9.19. The molecule has 0 aromatic rings. The van der Waals surface area contributed by atoms with Gasteiger partial charge in [-0.1, -0.05) is 0 Å². The first kappa shape index (κ1) is 17.4. The van der Waals surface area contributed by atoms with E-state index in [-0.39, 0.29) is 46.7 Å². The second-order valence-corrected chi connectivity index (χ2v) is 1.72. The molecule has 0 unspecified atom stereocenters. The molecule has 0 fully saturated rings. The van der Waals surface area contributed by atoms with Crippen molar-refractivity contribution in [2.45, 2.75) is 0 Å². The molecule has 55 valence electrons. The molecular formula is BaCr2CuO5. The van der Waals surface area contributed by atoms with Gasteiger partial charge in [-0.25, -0.2) is 0 Å². The predicted octanol–water partition coefficient (Wildman–Crippen LogP) is -0.932. The van der Waals surface area contributed by atoms with Gasteiger partial charge in [-0.15, -0.1) is 0 Å². The molecule has 0 aromatic heterocycles. The molecule has 9 heavy (non-hydrogen) atoms. The molecule has 0 aliphatic rings. The molecule has 0 atom stereocenters. The number of hydrogen-bond donors (Lipinski definition) is 0. The third-order valence-corrected chi connectivity index (χ3v) is 0.944. The van der Waals surface area contributed by atoms with Gasteiger partial charge >= 0.3 is 108 Å². The second-order valence-electron chi connectivity index (χ2n) is 0.204. The molecule has 9 heteroatoms. The summed E-state index contributed by atoms with van der Waals surface area (Å²) in [5.41, 5.74) is 0. The van der Waals surface area contributed by atoms with Crippen molar-refractivity contribution in [3.05, 3.63) is 0 Å². The van der Waals surface area contributed by atoms with Crippen LogP contribution in [0.2, 0.25) is 0 Å². The van der Waals surface area contributed by atoms with Gasteiger partial charge in [-0.05, 0) is 0 Å². The van der Waals surface area contributed by atoms with E-state index in [0.717, 1.165) is 0 Å². The van der Waals surface area contributed by atoms with E-state index in [1.165, 1.54) is 0 Å². The minimum atomic E-state index is -1.11. The third kappa shape index (κ3) is 38.3. The Kier molecular flexibility index (Phi) is 61.3. The van der Waals surface area contributed by atoms with Crippen LogP contribution in [0.3, 0.4) is 0 Å². The zero-order chi connectivity index (χ0) is 8.12. The quantitative estimate of drug-likeness (QED) is 0.575. The van der Waals surface area contributed by atoms with Crippen LogP contribution in [-0.4, -0.2) is 46.7 Å².